The Morgan fingerprint density at radius 3 is 2.64 bits per heavy atom. The maximum absolute atomic E-state index is 11.1. The van der Waals surface area contributed by atoms with E-state index in [0.29, 0.717) is 6.42 Å². The molecule has 78 valence electrons. The van der Waals surface area contributed by atoms with Crippen molar-refractivity contribution >= 4 is 17.2 Å². The molecule has 1 rings (SSSR count). The summed E-state index contributed by atoms with van der Waals surface area (Å²) in [6, 6.07) is 0. The fourth-order valence-electron chi connectivity index (χ4n) is 0.983. The fourth-order valence-corrected chi connectivity index (χ4v) is 1.95. The highest BCUT2D eigenvalue weighted by Gasteiger charge is 2.18. The smallest absolute Gasteiger partial charge is 0.225 e. The first-order valence-electron chi connectivity index (χ1n) is 4.59. The van der Waals surface area contributed by atoms with Crippen molar-refractivity contribution < 1.29 is 4.79 Å². The molecule has 1 aromatic heterocycles. The van der Waals surface area contributed by atoms with E-state index in [-0.39, 0.29) is 11.3 Å². The third-order valence-corrected chi connectivity index (χ3v) is 3.23. The molecule has 0 aromatic carbocycles. The van der Waals surface area contributed by atoms with Gasteiger partial charge in [0.25, 0.3) is 0 Å². The van der Waals surface area contributed by atoms with Gasteiger partial charge in [-0.15, -0.1) is 11.3 Å². The lowest BCUT2D eigenvalue weighted by atomic mass is 9.98. The molecule has 0 saturated heterocycles. The first-order chi connectivity index (χ1) is 6.43. The minimum Gasteiger partial charge on any atom is -0.359 e. The lowest BCUT2D eigenvalue weighted by Crippen LogP contribution is -2.19. The molecular weight excluding hydrogens is 196 g/mol. The number of hydrogen-bond acceptors (Lipinski definition) is 3. The molecule has 1 N–H and O–H groups in total. The van der Waals surface area contributed by atoms with Gasteiger partial charge in [0.1, 0.15) is 0 Å². The zero-order valence-electron chi connectivity index (χ0n) is 9.05. The second-order valence-electron chi connectivity index (χ2n) is 4.23. The molecule has 0 atom stereocenters. The summed E-state index contributed by atoms with van der Waals surface area (Å²) in [5.41, 5.74) is 0.0750. The molecule has 1 aromatic rings. The Kier molecular flexibility index (Phi) is 3.26. The molecule has 0 spiro atoms. The van der Waals surface area contributed by atoms with Gasteiger partial charge in [0.15, 0.2) is 0 Å². The molecule has 0 unspecified atom stereocenters. The standard InChI is InChI=1S/C10H16N2OS/c1-10(2,3)9-12-6-7(14-9)5-8(13)11-4/h6H,5H2,1-4H3,(H,11,13). The zero-order valence-corrected chi connectivity index (χ0v) is 9.86. The Morgan fingerprint density at radius 2 is 2.21 bits per heavy atom. The Bertz CT molecular complexity index is 325. The summed E-state index contributed by atoms with van der Waals surface area (Å²) in [6.45, 7) is 6.36. The Morgan fingerprint density at radius 1 is 1.57 bits per heavy atom. The van der Waals surface area contributed by atoms with Crippen LogP contribution in [0.2, 0.25) is 0 Å². The van der Waals surface area contributed by atoms with Crippen LogP contribution in [0.4, 0.5) is 0 Å². The van der Waals surface area contributed by atoms with Gasteiger partial charge in [-0.3, -0.25) is 4.79 Å². The van der Waals surface area contributed by atoms with E-state index >= 15 is 0 Å². The Labute approximate surface area is 88.6 Å². The van der Waals surface area contributed by atoms with Crippen molar-refractivity contribution in [3.8, 4) is 0 Å². The van der Waals surface area contributed by atoms with Crippen molar-refractivity contribution in [1.82, 2.24) is 10.3 Å². The molecule has 0 radical (unpaired) electrons. The van der Waals surface area contributed by atoms with Crippen molar-refractivity contribution in [2.24, 2.45) is 0 Å². The highest BCUT2D eigenvalue weighted by Crippen LogP contribution is 2.26. The van der Waals surface area contributed by atoms with Gasteiger partial charge in [-0.25, -0.2) is 4.98 Å². The minimum atomic E-state index is 0.0362. The monoisotopic (exact) mass is 212 g/mol. The summed E-state index contributed by atoms with van der Waals surface area (Å²) < 4.78 is 0. The molecule has 0 saturated carbocycles. The highest BCUT2D eigenvalue weighted by atomic mass is 32.1. The van der Waals surface area contributed by atoms with Crippen molar-refractivity contribution in [1.29, 1.82) is 0 Å². The molecule has 1 amide bonds. The molecule has 0 bridgehead atoms. The summed E-state index contributed by atoms with van der Waals surface area (Å²) in [4.78, 5) is 16.4. The molecule has 14 heavy (non-hydrogen) atoms. The molecule has 4 heteroatoms. The summed E-state index contributed by atoms with van der Waals surface area (Å²) in [5, 5.41) is 3.68. The number of hydrogen-bond donors (Lipinski definition) is 1. The van der Waals surface area contributed by atoms with E-state index in [9.17, 15) is 4.79 Å². The van der Waals surface area contributed by atoms with Crippen molar-refractivity contribution in [3.63, 3.8) is 0 Å². The van der Waals surface area contributed by atoms with Crippen molar-refractivity contribution in [2.75, 3.05) is 7.05 Å². The third-order valence-electron chi connectivity index (χ3n) is 1.81. The van der Waals surface area contributed by atoms with Gasteiger partial charge in [0, 0.05) is 23.5 Å². The first kappa shape index (κ1) is 11.2. The second kappa shape index (κ2) is 4.09. The quantitative estimate of drug-likeness (QED) is 0.811. The molecular formula is C10H16N2OS. The number of amides is 1. The van der Waals surface area contributed by atoms with Gasteiger partial charge in [0.05, 0.1) is 11.4 Å². The molecule has 1 heterocycles. The van der Waals surface area contributed by atoms with Crippen LogP contribution in [-0.2, 0) is 16.6 Å². The lowest BCUT2D eigenvalue weighted by molar-refractivity contribution is -0.119. The molecule has 0 aliphatic rings. The molecule has 0 aliphatic carbocycles. The lowest BCUT2D eigenvalue weighted by Gasteiger charge is -2.13. The van der Waals surface area contributed by atoms with E-state index in [1.165, 1.54) is 0 Å². The van der Waals surface area contributed by atoms with Gasteiger partial charge in [-0.05, 0) is 0 Å². The van der Waals surface area contributed by atoms with E-state index in [1.54, 1.807) is 24.6 Å². The second-order valence-corrected chi connectivity index (χ2v) is 5.35. The zero-order chi connectivity index (χ0) is 10.8. The maximum Gasteiger partial charge on any atom is 0.225 e. The van der Waals surface area contributed by atoms with Crippen LogP contribution in [0.3, 0.4) is 0 Å². The maximum atomic E-state index is 11.1. The highest BCUT2D eigenvalue weighted by molar-refractivity contribution is 7.11. The van der Waals surface area contributed by atoms with Gasteiger partial charge in [-0.2, -0.15) is 0 Å². The van der Waals surface area contributed by atoms with Crippen LogP contribution in [0, 0.1) is 0 Å². The van der Waals surface area contributed by atoms with Crippen LogP contribution < -0.4 is 5.32 Å². The number of carbonyl (C=O) groups is 1. The van der Waals surface area contributed by atoms with E-state index in [0.717, 1.165) is 9.88 Å². The number of rotatable bonds is 2. The van der Waals surface area contributed by atoms with E-state index in [4.69, 9.17) is 0 Å². The minimum absolute atomic E-state index is 0.0362. The first-order valence-corrected chi connectivity index (χ1v) is 5.41. The van der Waals surface area contributed by atoms with E-state index in [1.807, 2.05) is 0 Å². The Balaban J connectivity index is 2.74. The number of aromatic nitrogens is 1. The van der Waals surface area contributed by atoms with Crippen LogP contribution in [0.1, 0.15) is 30.7 Å². The average molecular weight is 212 g/mol. The number of carbonyl (C=O) groups excluding carboxylic acids is 1. The number of likely N-dealkylation sites (N-methyl/N-ethyl adjacent to an activating group) is 1. The summed E-state index contributed by atoms with van der Waals surface area (Å²) in [7, 11) is 1.65. The molecule has 0 aliphatic heterocycles. The SMILES string of the molecule is CNC(=O)Cc1cnc(C(C)(C)C)s1. The Hall–Kier alpha value is -0.900. The predicted molar refractivity (Wildman–Crippen MR) is 58.6 cm³/mol. The fraction of sp³-hybridized carbons (Fsp3) is 0.600. The summed E-state index contributed by atoms with van der Waals surface area (Å²) >= 11 is 1.61. The van der Waals surface area contributed by atoms with E-state index < -0.39 is 0 Å². The average Bonchev–Trinajstić information content (AvgIpc) is 2.51. The summed E-state index contributed by atoms with van der Waals surface area (Å²) in [5.74, 6) is 0.0362. The normalized spacial score (nSPS) is 11.4. The number of nitrogens with zero attached hydrogens (tertiary/aromatic N) is 1. The van der Waals surface area contributed by atoms with Crippen LogP contribution in [-0.4, -0.2) is 17.9 Å². The summed E-state index contributed by atoms with van der Waals surface area (Å²) in [6.07, 6.45) is 2.23. The third kappa shape index (κ3) is 2.80. The van der Waals surface area contributed by atoms with Crippen LogP contribution in [0.25, 0.3) is 0 Å². The number of thiazole rings is 1. The largest absolute Gasteiger partial charge is 0.359 e. The van der Waals surface area contributed by atoms with Crippen LogP contribution in [0.15, 0.2) is 6.20 Å². The van der Waals surface area contributed by atoms with Gasteiger partial charge in [0.2, 0.25) is 5.91 Å². The van der Waals surface area contributed by atoms with Gasteiger partial charge in [-0.1, -0.05) is 20.8 Å². The predicted octanol–water partition coefficient (Wildman–Crippen LogP) is 1.73. The number of nitrogens with one attached hydrogen (secondary N) is 1. The van der Waals surface area contributed by atoms with Crippen LogP contribution >= 0.6 is 11.3 Å². The van der Waals surface area contributed by atoms with E-state index in [2.05, 4.69) is 31.1 Å². The van der Waals surface area contributed by atoms with Crippen LogP contribution in [0.5, 0.6) is 0 Å². The topological polar surface area (TPSA) is 42.0 Å². The van der Waals surface area contributed by atoms with Gasteiger partial charge < -0.3 is 5.32 Å². The van der Waals surface area contributed by atoms with Gasteiger partial charge >= 0.3 is 0 Å². The molecule has 3 nitrogen and oxygen atoms in total. The molecule has 0 fully saturated rings. The van der Waals surface area contributed by atoms with Crippen molar-refractivity contribution in [2.45, 2.75) is 32.6 Å². The van der Waals surface area contributed by atoms with Crippen molar-refractivity contribution in [3.05, 3.63) is 16.1 Å².